The molecule has 2 nitrogen and oxygen atoms in total. The number of rotatable bonds is 2. The van der Waals surface area contributed by atoms with Gasteiger partial charge >= 0.3 is 0 Å². The number of fused-ring (bicyclic) bond motifs is 1. The third kappa shape index (κ3) is 1.70. The normalized spacial score (nSPS) is 10.7. The molecule has 72 valence electrons. The Morgan fingerprint density at radius 1 is 1.43 bits per heavy atom. The molecule has 0 fully saturated rings. The highest BCUT2D eigenvalue weighted by Crippen LogP contribution is 2.23. The van der Waals surface area contributed by atoms with E-state index >= 15 is 0 Å². The summed E-state index contributed by atoms with van der Waals surface area (Å²) in [5.74, 6) is 0.288. The number of carbonyl (C=O) groups is 1. The quantitative estimate of drug-likeness (QED) is 0.617. The van der Waals surface area contributed by atoms with Crippen molar-refractivity contribution in [3.05, 3.63) is 35.0 Å². The van der Waals surface area contributed by atoms with Crippen LogP contribution in [0.4, 0.5) is 0 Å². The summed E-state index contributed by atoms with van der Waals surface area (Å²) < 4.78 is 5.34. The van der Waals surface area contributed by atoms with E-state index in [0.29, 0.717) is 16.4 Å². The van der Waals surface area contributed by atoms with E-state index in [1.165, 1.54) is 0 Å². The smallest absolute Gasteiger partial charge is 0.208 e. The van der Waals surface area contributed by atoms with Gasteiger partial charge in [0.2, 0.25) is 5.78 Å². The van der Waals surface area contributed by atoms with E-state index in [9.17, 15) is 4.79 Å². The van der Waals surface area contributed by atoms with Crippen molar-refractivity contribution >= 4 is 44.3 Å². The molecule has 1 aromatic heterocycles. The number of furan rings is 1. The van der Waals surface area contributed by atoms with Gasteiger partial charge in [0.05, 0.1) is 5.33 Å². The summed E-state index contributed by atoms with van der Waals surface area (Å²) in [4.78, 5) is 11.3. The first-order chi connectivity index (χ1) is 6.70. The molecule has 4 heteroatoms. The minimum Gasteiger partial charge on any atom is -0.453 e. The first-order valence-corrected chi connectivity index (χ1v) is 5.49. The highest BCUT2D eigenvalue weighted by Gasteiger charge is 2.10. The number of ketones is 1. The average Bonchev–Trinajstić information content (AvgIpc) is 2.59. The van der Waals surface area contributed by atoms with Crippen molar-refractivity contribution in [2.24, 2.45) is 0 Å². The minimum absolute atomic E-state index is 0.0719. The van der Waals surface area contributed by atoms with E-state index in [-0.39, 0.29) is 11.1 Å². The number of alkyl halides is 1. The van der Waals surface area contributed by atoms with Gasteiger partial charge in [-0.05, 0) is 18.2 Å². The molecular formula is C10H6BrClO2. The summed E-state index contributed by atoms with van der Waals surface area (Å²) in [5.41, 5.74) is 0.641. The van der Waals surface area contributed by atoms with Crippen LogP contribution in [0.15, 0.2) is 28.7 Å². The van der Waals surface area contributed by atoms with Gasteiger partial charge in [-0.25, -0.2) is 0 Å². The first kappa shape index (κ1) is 9.74. The van der Waals surface area contributed by atoms with E-state index < -0.39 is 0 Å². The molecule has 0 saturated carbocycles. The fourth-order valence-electron chi connectivity index (χ4n) is 1.21. The third-order valence-electron chi connectivity index (χ3n) is 1.88. The van der Waals surface area contributed by atoms with Crippen LogP contribution in [0.5, 0.6) is 0 Å². The monoisotopic (exact) mass is 272 g/mol. The second-order valence-corrected chi connectivity index (χ2v) is 3.85. The van der Waals surface area contributed by atoms with Crippen LogP contribution in [0.1, 0.15) is 10.6 Å². The molecule has 2 rings (SSSR count). The predicted octanol–water partition coefficient (Wildman–Crippen LogP) is 3.66. The average molecular weight is 274 g/mol. The van der Waals surface area contributed by atoms with E-state index in [2.05, 4.69) is 15.9 Å². The van der Waals surface area contributed by atoms with Crippen LogP contribution in [0.2, 0.25) is 5.02 Å². The SMILES string of the molecule is O=C(CBr)c1cc2ccc(Cl)cc2o1. The zero-order chi connectivity index (χ0) is 10.1. The topological polar surface area (TPSA) is 30.2 Å². The van der Waals surface area contributed by atoms with Crippen LogP contribution in [-0.4, -0.2) is 11.1 Å². The maximum Gasteiger partial charge on any atom is 0.208 e. The van der Waals surface area contributed by atoms with Gasteiger partial charge in [0.1, 0.15) is 5.58 Å². The van der Waals surface area contributed by atoms with Gasteiger partial charge in [0.25, 0.3) is 0 Å². The molecule has 14 heavy (non-hydrogen) atoms. The Morgan fingerprint density at radius 3 is 2.93 bits per heavy atom. The maximum atomic E-state index is 11.3. The molecule has 0 saturated heterocycles. The van der Waals surface area contributed by atoms with Crippen molar-refractivity contribution < 1.29 is 9.21 Å². The lowest BCUT2D eigenvalue weighted by molar-refractivity contribution is 0.0995. The Morgan fingerprint density at radius 2 is 2.21 bits per heavy atom. The van der Waals surface area contributed by atoms with Crippen LogP contribution in [0.25, 0.3) is 11.0 Å². The van der Waals surface area contributed by atoms with Crippen LogP contribution in [0, 0.1) is 0 Å². The lowest BCUT2D eigenvalue weighted by Crippen LogP contribution is -1.96. The third-order valence-corrected chi connectivity index (χ3v) is 2.62. The molecule has 0 bridgehead atoms. The number of benzene rings is 1. The van der Waals surface area contributed by atoms with Crippen molar-refractivity contribution in [1.29, 1.82) is 0 Å². The summed E-state index contributed by atoms with van der Waals surface area (Å²) >= 11 is 8.87. The Hall–Kier alpha value is -0.800. The van der Waals surface area contributed by atoms with E-state index in [1.807, 2.05) is 6.07 Å². The van der Waals surface area contributed by atoms with Gasteiger partial charge in [-0.3, -0.25) is 4.79 Å². The zero-order valence-electron chi connectivity index (χ0n) is 7.09. The number of halogens is 2. The van der Waals surface area contributed by atoms with Crippen molar-refractivity contribution in [3.63, 3.8) is 0 Å². The van der Waals surface area contributed by atoms with Crippen molar-refractivity contribution in [3.8, 4) is 0 Å². The van der Waals surface area contributed by atoms with Crippen molar-refractivity contribution in [2.75, 3.05) is 5.33 Å². The standard InChI is InChI=1S/C10H6BrClO2/c11-5-8(13)10-3-6-1-2-7(12)4-9(6)14-10/h1-4H,5H2. The second-order valence-electron chi connectivity index (χ2n) is 2.85. The number of carbonyl (C=O) groups excluding carboxylic acids is 1. The van der Waals surface area contributed by atoms with Crippen molar-refractivity contribution in [1.82, 2.24) is 0 Å². The Bertz CT molecular complexity index is 490. The van der Waals surface area contributed by atoms with Gasteiger partial charge in [-0.1, -0.05) is 27.5 Å². The largest absolute Gasteiger partial charge is 0.453 e. The molecule has 1 aromatic carbocycles. The van der Waals surface area contributed by atoms with Gasteiger partial charge < -0.3 is 4.42 Å². The van der Waals surface area contributed by atoms with Crippen LogP contribution in [0.3, 0.4) is 0 Å². The Kier molecular flexibility index (Phi) is 2.61. The molecule has 0 atom stereocenters. The fraction of sp³-hybridized carbons (Fsp3) is 0.100. The molecule has 0 spiro atoms. The Labute approximate surface area is 94.0 Å². The summed E-state index contributed by atoms with van der Waals surface area (Å²) in [7, 11) is 0. The van der Waals surface area contributed by atoms with Crippen molar-refractivity contribution in [2.45, 2.75) is 0 Å². The van der Waals surface area contributed by atoms with Gasteiger partial charge in [-0.15, -0.1) is 0 Å². The predicted molar refractivity (Wildman–Crippen MR) is 59.3 cm³/mol. The minimum atomic E-state index is -0.0719. The Balaban J connectivity index is 2.56. The molecule has 0 N–H and O–H groups in total. The molecule has 0 unspecified atom stereocenters. The molecular weight excluding hydrogens is 267 g/mol. The highest BCUT2D eigenvalue weighted by atomic mass is 79.9. The highest BCUT2D eigenvalue weighted by molar-refractivity contribution is 9.09. The lowest BCUT2D eigenvalue weighted by Gasteiger charge is -1.88. The van der Waals surface area contributed by atoms with E-state index in [1.54, 1.807) is 18.2 Å². The van der Waals surface area contributed by atoms with E-state index in [4.69, 9.17) is 16.0 Å². The van der Waals surface area contributed by atoms with Gasteiger partial charge in [0.15, 0.2) is 5.76 Å². The summed E-state index contributed by atoms with van der Waals surface area (Å²) in [5, 5.41) is 1.75. The van der Waals surface area contributed by atoms with Crippen LogP contribution >= 0.6 is 27.5 Å². The zero-order valence-corrected chi connectivity index (χ0v) is 9.43. The summed E-state index contributed by atoms with van der Waals surface area (Å²) in [6, 6.07) is 7.01. The molecule has 0 amide bonds. The number of hydrogen-bond donors (Lipinski definition) is 0. The molecule has 1 heterocycles. The number of Topliss-reactive ketones (excluding diaryl/α,β-unsaturated/α-hetero) is 1. The van der Waals surface area contributed by atoms with E-state index in [0.717, 1.165) is 5.39 Å². The summed E-state index contributed by atoms with van der Waals surface area (Å²) in [6.07, 6.45) is 0. The van der Waals surface area contributed by atoms with Crippen LogP contribution in [-0.2, 0) is 0 Å². The fourth-order valence-corrected chi connectivity index (χ4v) is 1.65. The molecule has 0 aliphatic carbocycles. The number of hydrogen-bond acceptors (Lipinski definition) is 2. The lowest BCUT2D eigenvalue weighted by atomic mass is 10.2. The summed E-state index contributed by atoms with van der Waals surface area (Å²) in [6.45, 7) is 0. The van der Waals surface area contributed by atoms with Gasteiger partial charge in [-0.2, -0.15) is 0 Å². The second kappa shape index (κ2) is 3.75. The first-order valence-electron chi connectivity index (χ1n) is 3.99. The van der Waals surface area contributed by atoms with Gasteiger partial charge in [0, 0.05) is 16.5 Å². The maximum absolute atomic E-state index is 11.3. The molecule has 2 aromatic rings. The van der Waals surface area contributed by atoms with Crippen LogP contribution < -0.4 is 0 Å². The molecule has 0 aliphatic heterocycles. The molecule has 0 radical (unpaired) electrons. The molecule has 0 aliphatic rings.